The molecule has 2 heterocycles. The standard InChI is InChI=1S/C30H27ClF3N3O3/c1-19-16-28(26-17-22(31)4-11-27(26)35-19)39-18-29(38)36-23-5-7-24(8-6-23)37-14-12-21(13-15-37)20-2-9-25(10-3-20)40-30(32,33)34/h2-11,16-17,21H,12-15,18H2,1H3,(H,36,38). The van der Waals surface area contributed by atoms with Crippen LogP contribution in [-0.4, -0.2) is 36.9 Å². The van der Waals surface area contributed by atoms with Crippen LogP contribution in [-0.2, 0) is 4.79 Å². The Hall–Kier alpha value is -3.98. The van der Waals surface area contributed by atoms with Crippen molar-refractivity contribution >= 4 is 39.8 Å². The molecule has 5 rings (SSSR count). The van der Waals surface area contributed by atoms with Gasteiger partial charge in [0.2, 0.25) is 0 Å². The first-order valence-electron chi connectivity index (χ1n) is 12.8. The summed E-state index contributed by atoms with van der Waals surface area (Å²) in [4.78, 5) is 19.3. The summed E-state index contributed by atoms with van der Waals surface area (Å²) in [5, 5.41) is 4.16. The highest BCUT2D eigenvalue weighted by Gasteiger charge is 2.31. The smallest absolute Gasteiger partial charge is 0.483 e. The molecule has 0 aliphatic carbocycles. The van der Waals surface area contributed by atoms with Crippen molar-refractivity contribution < 1.29 is 27.4 Å². The molecule has 40 heavy (non-hydrogen) atoms. The van der Waals surface area contributed by atoms with E-state index in [-0.39, 0.29) is 24.2 Å². The van der Waals surface area contributed by atoms with E-state index in [1.807, 2.05) is 37.3 Å². The fraction of sp³-hybridized carbons (Fsp3) is 0.267. The predicted molar refractivity (Wildman–Crippen MR) is 149 cm³/mol. The Morgan fingerprint density at radius 3 is 2.40 bits per heavy atom. The second kappa shape index (κ2) is 11.6. The molecule has 4 aromatic rings. The molecule has 1 fully saturated rings. The molecule has 1 aromatic heterocycles. The van der Waals surface area contributed by atoms with Gasteiger partial charge in [-0.2, -0.15) is 0 Å². The SMILES string of the molecule is Cc1cc(OCC(=O)Nc2ccc(N3CCC(c4ccc(OC(F)(F)F)cc4)CC3)cc2)c2cc(Cl)ccc2n1. The lowest BCUT2D eigenvalue weighted by Crippen LogP contribution is -2.32. The van der Waals surface area contributed by atoms with Gasteiger partial charge in [-0.1, -0.05) is 23.7 Å². The fourth-order valence-electron chi connectivity index (χ4n) is 4.92. The molecule has 1 aliphatic heterocycles. The van der Waals surface area contributed by atoms with Gasteiger partial charge >= 0.3 is 6.36 Å². The van der Waals surface area contributed by atoms with Crippen LogP contribution >= 0.6 is 11.6 Å². The van der Waals surface area contributed by atoms with Gasteiger partial charge in [-0.25, -0.2) is 0 Å². The fourth-order valence-corrected chi connectivity index (χ4v) is 5.09. The van der Waals surface area contributed by atoms with Gasteiger partial charge in [0.05, 0.1) is 5.52 Å². The Balaban J connectivity index is 1.12. The number of piperidine rings is 1. The van der Waals surface area contributed by atoms with Crippen LogP contribution in [0.25, 0.3) is 10.9 Å². The minimum atomic E-state index is -4.69. The van der Waals surface area contributed by atoms with E-state index < -0.39 is 6.36 Å². The molecular formula is C30H27ClF3N3O3. The molecule has 0 radical (unpaired) electrons. The number of rotatable bonds is 7. The van der Waals surface area contributed by atoms with Crippen LogP contribution in [0.4, 0.5) is 24.5 Å². The van der Waals surface area contributed by atoms with Gasteiger partial charge < -0.3 is 19.7 Å². The van der Waals surface area contributed by atoms with Crippen molar-refractivity contribution in [3.63, 3.8) is 0 Å². The molecule has 0 atom stereocenters. The number of fused-ring (bicyclic) bond motifs is 1. The lowest BCUT2D eigenvalue weighted by Gasteiger charge is -2.34. The number of amides is 1. The van der Waals surface area contributed by atoms with Crippen LogP contribution in [0.3, 0.4) is 0 Å². The first kappa shape index (κ1) is 27.6. The Bertz CT molecular complexity index is 1490. The van der Waals surface area contributed by atoms with E-state index in [0.29, 0.717) is 16.5 Å². The zero-order chi connectivity index (χ0) is 28.3. The minimum absolute atomic E-state index is 0.163. The van der Waals surface area contributed by atoms with E-state index in [0.717, 1.165) is 53.8 Å². The van der Waals surface area contributed by atoms with Crippen LogP contribution in [0.5, 0.6) is 11.5 Å². The molecule has 1 aliphatic rings. The molecular weight excluding hydrogens is 543 g/mol. The molecule has 10 heteroatoms. The van der Waals surface area contributed by atoms with Crippen molar-refractivity contribution in [2.75, 3.05) is 29.9 Å². The van der Waals surface area contributed by atoms with Crippen LogP contribution in [0.2, 0.25) is 5.02 Å². The van der Waals surface area contributed by atoms with Gasteiger partial charge in [0.15, 0.2) is 6.61 Å². The van der Waals surface area contributed by atoms with E-state index in [1.165, 1.54) is 12.1 Å². The molecule has 1 N–H and O–H groups in total. The van der Waals surface area contributed by atoms with Crippen molar-refractivity contribution in [1.29, 1.82) is 0 Å². The number of pyridine rings is 1. The lowest BCUT2D eigenvalue weighted by atomic mass is 9.89. The first-order valence-corrected chi connectivity index (χ1v) is 13.2. The lowest BCUT2D eigenvalue weighted by molar-refractivity contribution is -0.274. The van der Waals surface area contributed by atoms with Gasteiger partial charge in [0.1, 0.15) is 11.5 Å². The molecule has 0 saturated carbocycles. The Kier molecular flexibility index (Phi) is 8.02. The zero-order valence-electron chi connectivity index (χ0n) is 21.7. The quantitative estimate of drug-likeness (QED) is 0.250. The average Bonchev–Trinajstić information content (AvgIpc) is 2.92. The Morgan fingerprint density at radius 2 is 1.73 bits per heavy atom. The van der Waals surface area contributed by atoms with Crippen molar-refractivity contribution in [1.82, 2.24) is 4.98 Å². The number of hydrogen-bond acceptors (Lipinski definition) is 5. The number of nitrogens with one attached hydrogen (secondary N) is 1. The summed E-state index contributed by atoms with van der Waals surface area (Å²) in [6, 6.07) is 20.9. The van der Waals surface area contributed by atoms with E-state index in [4.69, 9.17) is 16.3 Å². The topological polar surface area (TPSA) is 63.7 Å². The van der Waals surface area contributed by atoms with Crippen LogP contribution in [0.15, 0.2) is 72.8 Å². The number of aromatic nitrogens is 1. The molecule has 6 nitrogen and oxygen atoms in total. The van der Waals surface area contributed by atoms with Crippen molar-refractivity contribution in [3.05, 3.63) is 89.1 Å². The second-order valence-electron chi connectivity index (χ2n) is 9.69. The summed E-state index contributed by atoms with van der Waals surface area (Å²) in [5.41, 5.74) is 4.23. The number of ether oxygens (including phenoxy) is 2. The van der Waals surface area contributed by atoms with Gasteiger partial charge in [0, 0.05) is 46.6 Å². The zero-order valence-corrected chi connectivity index (χ0v) is 22.4. The van der Waals surface area contributed by atoms with Crippen molar-refractivity contribution in [2.45, 2.75) is 32.0 Å². The molecule has 3 aromatic carbocycles. The minimum Gasteiger partial charge on any atom is -0.483 e. The van der Waals surface area contributed by atoms with E-state index >= 15 is 0 Å². The monoisotopic (exact) mass is 569 g/mol. The maximum Gasteiger partial charge on any atom is 0.573 e. The average molecular weight is 570 g/mol. The summed E-state index contributed by atoms with van der Waals surface area (Å²) in [5.74, 6) is 0.319. The van der Waals surface area contributed by atoms with E-state index in [2.05, 4.69) is 19.9 Å². The predicted octanol–water partition coefficient (Wildman–Crippen LogP) is 7.50. The highest BCUT2D eigenvalue weighted by molar-refractivity contribution is 6.31. The third kappa shape index (κ3) is 6.96. The number of anilines is 2. The number of hydrogen-bond donors (Lipinski definition) is 1. The number of carbonyl (C=O) groups excluding carboxylic acids is 1. The molecule has 0 bridgehead atoms. The first-order chi connectivity index (χ1) is 19.1. The second-order valence-corrected chi connectivity index (χ2v) is 10.1. The number of benzene rings is 3. The van der Waals surface area contributed by atoms with Crippen LogP contribution in [0.1, 0.15) is 30.0 Å². The van der Waals surface area contributed by atoms with Crippen molar-refractivity contribution in [3.8, 4) is 11.5 Å². The molecule has 1 saturated heterocycles. The van der Waals surface area contributed by atoms with Crippen molar-refractivity contribution in [2.24, 2.45) is 0 Å². The normalized spacial score (nSPS) is 14.3. The van der Waals surface area contributed by atoms with Gasteiger partial charge in [-0.3, -0.25) is 9.78 Å². The van der Waals surface area contributed by atoms with Crippen LogP contribution in [0, 0.1) is 6.92 Å². The molecule has 208 valence electrons. The van der Waals surface area contributed by atoms with Gasteiger partial charge in [0.25, 0.3) is 5.91 Å². The summed E-state index contributed by atoms with van der Waals surface area (Å²) in [6.07, 6.45) is -2.93. The number of nitrogens with zero attached hydrogens (tertiary/aromatic N) is 2. The third-order valence-electron chi connectivity index (χ3n) is 6.82. The summed E-state index contributed by atoms with van der Waals surface area (Å²) < 4.78 is 47.0. The Morgan fingerprint density at radius 1 is 1.02 bits per heavy atom. The molecule has 0 spiro atoms. The molecule has 1 amide bonds. The number of aryl methyl sites for hydroxylation is 1. The summed E-state index contributed by atoms with van der Waals surface area (Å²) >= 11 is 6.13. The van der Waals surface area contributed by atoms with Crippen LogP contribution < -0.4 is 19.7 Å². The highest BCUT2D eigenvalue weighted by Crippen LogP contribution is 2.33. The summed E-state index contributed by atoms with van der Waals surface area (Å²) in [7, 11) is 0. The highest BCUT2D eigenvalue weighted by atomic mass is 35.5. The third-order valence-corrected chi connectivity index (χ3v) is 7.05. The van der Waals surface area contributed by atoms with E-state index in [9.17, 15) is 18.0 Å². The maximum absolute atomic E-state index is 12.6. The number of carbonyl (C=O) groups is 1. The van der Waals surface area contributed by atoms with Gasteiger partial charge in [-0.15, -0.1) is 13.2 Å². The maximum atomic E-state index is 12.6. The summed E-state index contributed by atoms with van der Waals surface area (Å²) in [6.45, 7) is 3.33. The number of halogens is 4. The van der Waals surface area contributed by atoms with E-state index in [1.54, 1.807) is 30.3 Å². The largest absolute Gasteiger partial charge is 0.573 e. The Labute approximate surface area is 234 Å². The number of alkyl halides is 3. The molecule has 0 unspecified atom stereocenters. The van der Waals surface area contributed by atoms with Gasteiger partial charge in [-0.05, 0) is 85.8 Å².